The Hall–Kier alpha value is -4.09. The van der Waals surface area contributed by atoms with E-state index < -0.39 is 53.5 Å². The van der Waals surface area contributed by atoms with Crippen LogP contribution < -0.4 is 10.6 Å². The fourth-order valence-electron chi connectivity index (χ4n) is 5.21. The van der Waals surface area contributed by atoms with Gasteiger partial charge in [0.05, 0.1) is 6.42 Å². The molecule has 2 aliphatic rings. The number of carbonyl (C=O) groups is 4. The highest BCUT2D eigenvalue weighted by Gasteiger charge is 2.44. The van der Waals surface area contributed by atoms with Gasteiger partial charge in [-0.25, -0.2) is 18.0 Å². The molecule has 0 radical (unpaired) electrons. The van der Waals surface area contributed by atoms with E-state index in [2.05, 4.69) is 10.6 Å². The van der Waals surface area contributed by atoms with Gasteiger partial charge in [-0.15, -0.1) is 0 Å². The molecule has 0 spiro atoms. The predicted octanol–water partition coefficient (Wildman–Crippen LogP) is 3.96. The highest BCUT2D eigenvalue weighted by molar-refractivity contribution is 6.00. The van der Waals surface area contributed by atoms with Crippen LogP contribution in [0.5, 0.6) is 0 Å². The van der Waals surface area contributed by atoms with Crippen LogP contribution in [-0.2, 0) is 9.59 Å². The molecule has 1 aliphatic heterocycles. The van der Waals surface area contributed by atoms with Crippen LogP contribution in [-0.4, -0.2) is 64.0 Å². The first-order valence-corrected chi connectivity index (χ1v) is 12.8. The molecule has 12 heteroatoms. The molecule has 0 aromatic heterocycles. The van der Waals surface area contributed by atoms with Gasteiger partial charge in [0.1, 0.15) is 5.82 Å². The van der Waals surface area contributed by atoms with Crippen LogP contribution in [0, 0.1) is 23.4 Å². The number of rotatable bonds is 7. The van der Waals surface area contributed by atoms with Crippen molar-refractivity contribution >= 4 is 29.5 Å². The molecule has 208 valence electrons. The number of halogens is 3. The van der Waals surface area contributed by atoms with Crippen LogP contribution in [0.1, 0.15) is 48.9 Å². The summed E-state index contributed by atoms with van der Waals surface area (Å²) in [5.74, 6) is -5.79. The van der Waals surface area contributed by atoms with Gasteiger partial charge in [0.15, 0.2) is 17.8 Å². The van der Waals surface area contributed by atoms with Crippen LogP contribution in [0.2, 0.25) is 0 Å². The van der Waals surface area contributed by atoms with Crippen molar-refractivity contribution in [3.05, 3.63) is 65.5 Å². The molecule has 1 saturated carbocycles. The lowest BCUT2D eigenvalue weighted by atomic mass is 9.82. The maximum atomic E-state index is 13.9. The number of aliphatic carboxylic acids is 1. The number of carboxylic acids is 1. The van der Waals surface area contributed by atoms with Crippen LogP contribution in [0.3, 0.4) is 0 Å². The summed E-state index contributed by atoms with van der Waals surface area (Å²) in [6.45, 7) is -0.207. The Morgan fingerprint density at radius 2 is 1.64 bits per heavy atom. The Morgan fingerprint density at radius 3 is 2.31 bits per heavy atom. The molecule has 2 unspecified atom stereocenters. The molecule has 2 atom stereocenters. The smallest absolute Gasteiger partial charge is 0.323 e. The van der Waals surface area contributed by atoms with Gasteiger partial charge >= 0.3 is 12.0 Å². The molecular formula is C27H29F3N4O5. The zero-order valence-electron chi connectivity index (χ0n) is 21.0. The average Bonchev–Trinajstić information content (AvgIpc) is 3.35. The lowest BCUT2D eigenvalue weighted by Crippen LogP contribution is -2.57. The number of hydrogen-bond donors (Lipinski definition) is 3. The highest BCUT2D eigenvalue weighted by Crippen LogP contribution is 2.29. The minimum absolute atomic E-state index is 0.0925. The summed E-state index contributed by atoms with van der Waals surface area (Å²) in [4.78, 5) is 53.9. The van der Waals surface area contributed by atoms with Gasteiger partial charge in [-0.3, -0.25) is 19.3 Å². The van der Waals surface area contributed by atoms with Crippen molar-refractivity contribution in [2.45, 2.75) is 50.7 Å². The molecular weight excluding hydrogens is 517 g/mol. The molecule has 0 bridgehead atoms. The summed E-state index contributed by atoms with van der Waals surface area (Å²) < 4.78 is 41.0. The molecule has 3 N–H and O–H groups in total. The van der Waals surface area contributed by atoms with E-state index >= 15 is 0 Å². The topological polar surface area (TPSA) is 119 Å². The fourth-order valence-corrected chi connectivity index (χ4v) is 5.21. The minimum atomic E-state index is -1.51. The zero-order chi connectivity index (χ0) is 28.1. The lowest BCUT2D eigenvalue weighted by Gasteiger charge is -2.34. The van der Waals surface area contributed by atoms with Gasteiger partial charge in [-0.05, 0) is 55.2 Å². The van der Waals surface area contributed by atoms with E-state index in [0.717, 1.165) is 60.1 Å². The third-order valence-electron chi connectivity index (χ3n) is 7.11. The van der Waals surface area contributed by atoms with Crippen molar-refractivity contribution in [2.24, 2.45) is 5.92 Å². The van der Waals surface area contributed by atoms with Crippen molar-refractivity contribution < 1.29 is 37.5 Å². The number of nitrogens with zero attached hydrogens (tertiary/aromatic N) is 2. The third-order valence-corrected chi connectivity index (χ3v) is 7.11. The van der Waals surface area contributed by atoms with Crippen molar-refractivity contribution in [3.63, 3.8) is 0 Å². The van der Waals surface area contributed by atoms with E-state index in [-0.39, 0.29) is 36.7 Å². The molecule has 1 heterocycles. The predicted molar refractivity (Wildman–Crippen MR) is 134 cm³/mol. The number of hydrogen-bond acceptors (Lipinski definition) is 4. The third kappa shape index (κ3) is 6.68. The van der Waals surface area contributed by atoms with E-state index in [1.807, 2.05) is 0 Å². The standard InChI is InChI=1S/C27H29F3N4O5/c28-18-7-4-8-19(14-18)31-27(39)34-12-11-33(26(38)17-9-10-20(29)21(30)13-17)25(34)24(37)32-22(15-23(35)36)16-5-2-1-3-6-16/h4,7-10,13-14,16,22,25H,1-3,5-6,11-12,15H2,(H,31,39)(H,32,37)(H,35,36). The lowest BCUT2D eigenvalue weighted by molar-refractivity contribution is -0.138. The summed E-state index contributed by atoms with van der Waals surface area (Å²) in [7, 11) is 0. The largest absolute Gasteiger partial charge is 0.481 e. The molecule has 4 rings (SSSR count). The maximum Gasteiger partial charge on any atom is 0.323 e. The number of urea groups is 1. The molecule has 39 heavy (non-hydrogen) atoms. The SMILES string of the molecule is O=C(O)CC(NC(=O)C1N(C(=O)Nc2cccc(F)c2)CCN1C(=O)c1ccc(F)c(F)c1)C1CCCCC1. The molecule has 2 aromatic carbocycles. The van der Waals surface area contributed by atoms with Gasteiger partial charge in [-0.1, -0.05) is 25.3 Å². The number of carbonyl (C=O) groups excluding carboxylic acids is 3. The number of nitrogens with one attached hydrogen (secondary N) is 2. The van der Waals surface area contributed by atoms with E-state index in [0.29, 0.717) is 6.07 Å². The molecule has 1 aliphatic carbocycles. The van der Waals surface area contributed by atoms with Crippen molar-refractivity contribution in [1.29, 1.82) is 0 Å². The van der Waals surface area contributed by atoms with E-state index in [1.54, 1.807) is 0 Å². The highest BCUT2D eigenvalue weighted by atomic mass is 19.2. The average molecular weight is 547 g/mol. The van der Waals surface area contributed by atoms with Crippen LogP contribution >= 0.6 is 0 Å². The Bertz CT molecular complexity index is 1250. The van der Waals surface area contributed by atoms with Crippen molar-refractivity contribution in [1.82, 2.24) is 15.1 Å². The second-order valence-corrected chi connectivity index (χ2v) is 9.75. The quantitative estimate of drug-likeness (QED) is 0.486. The van der Waals surface area contributed by atoms with E-state index in [4.69, 9.17) is 0 Å². The fraction of sp³-hybridized carbons (Fsp3) is 0.407. The van der Waals surface area contributed by atoms with Crippen molar-refractivity contribution in [3.8, 4) is 0 Å². The van der Waals surface area contributed by atoms with Crippen LogP contribution in [0.4, 0.5) is 23.7 Å². The summed E-state index contributed by atoms with van der Waals surface area (Å²) >= 11 is 0. The first kappa shape index (κ1) is 27.9. The second-order valence-electron chi connectivity index (χ2n) is 9.75. The normalized spacial score (nSPS) is 18.5. The zero-order valence-corrected chi connectivity index (χ0v) is 21.0. The molecule has 4 amide bonds. The Balaban J connectivity index is 1.62. The number of anilines is 1. The van der Waals surface area contributed by atoms with Gasteiger partial charge in [0, 0.05) is 30.4 Å². The van der Waals surface area contributed by atoms with Gasteiger partial charge in [0.2, 0.25) is 0 Å². The van der Waals surface area contributed by atoms with E-state index in [1.165, 1.54) is 18.2 Å². The second kappa shape index (κ2) is 12.2. The van der Waals surface area contributed by atoms with Crippen LogP contribution in [0.15, 0.2) is 42.5 Å². The summed E-state index contributed by atoms with van der Waals surface area (Å²) in [6.07, 6.45) is 2.40. The van der Waals surface area contributed by atoms with Crippen LogP contribution in [0.25, 0.3) is 0 Å². The Morgan fingerprint density at radius 1 is 0.923 bits per heavy atom. The number of carboxylic acid groups (broad SMARTS) is 1. The Kier molecular flexibility index (Phi) is 8.72. The molecule has 2 fully saturated rings. The number of benzene rings is 2. The first-order chi connectivity index (χ1) is 18.6. The molecule has 9 nitrogen and oxygen atoms in total. The monoisotopic (exact) mass is 546 g/mol. The van der Waals surface area contributed by atoms with Gasteiger partial charge in [0.25, 0.3) is 11.8 Å². The summed E-state index contributed by atoms with van der Waals surface area (Å²) in [5, 5.41) is 14.7. The van der Waals surface area contributed by atoms with Gasteiger partial charge in [-0.2, -0.15) is 0 Å². The summed E-state index contributed by atoms with van der Waals surface area (Å²) in [5.41, 5.74) is -0.107. The van der Waals surface area contributed by atoms with E-state index in [9.17, 15) is 37.5 Å². The van der Waals surface area contributed by atoms with Crippen molar-refractivity contribution in [2.75, 3.05) is 18.4 Å². The summed E-state index contributed by atoms with van der Waals surface area (Å²) in [6, 6.07) is 6.14. The maximum absolute atomic E-state index is 13.9. The number of amides is 4. The first-order valence-electron chi connectivity index (χ1n) is 12.8. The Labute approximate surface area is 223 Å². The molecule has 2 aromatic rings. The minimum Gasteiger partial charge on any atom is -0.481 e. The van der Waals surface area contributed by atoms with Gasteiger partial charge < -0.3 is 20.6 Å². The molecule has 1 saturated heterocycles.